The van der Waals surface area contributed by atoms with Gasteiger partial charge < -0.3 is 0 Å². The van der Waals surface area contributed by atoms with Gasteiger partial charge in [-0.1, -0.05) is 19.3 Å². The van der Waals surface area contributed by atoms with Crippen LogP contribution in [0.1, 0.15) is 32.1 Å². The van der Waals surface area contributed by atoms with Crippen LogP contribution in [0, 0.1) is 16.6 Å². The summed E-state index contributed by atoms with van der Waals surface area (Å²) in [6.07, 6.45) is 2.98. The molecular weight excluding hydrogens is 414 g/mol. The Hall–Kier alpha value is -0.600. The number of nitrogens with one attached hydrogen (secondary N) is 1. The maximum absolute atomic E-state index is 14.0. The third-order valence-corrected chi connectivity index (χ3v) is 7.86. The van der Waals surface area contributed by atoms with E-state index in [0.29, 0.717) is 12.8 Å². The first kappa shape index (κ1) is 21.7. The lowest BCUT2D eigenvalue weighted by Gasteiger charge is -2.42. The molecule has 2 fully saturated rings. The van der Waals surface area contributed by atoms with Gasteiger partial charge in [-0.05, 0) is 24.7 Å². The van der Waals surface area contributed by atoms with E-state index in [1.807, 2.05) is 0 Å². The molecule has 1 saturated carbocycles. The Morgan fingerprint density at radius 1 is 0.885 bits per heavy atom. The van der Waals surface area contributed by atoms with Gasteiger partial charge in [0.05, 0.1) is 0 Å². The molecule has 14 heteroatoms. The highest BCUT2D eigenvalue weighted by Crippen LogP contribution is 2.52. The molecule has 2 aliphatic rings. The van der Waals surface area contributed by atoms with Crippen molar-refractivity contribution in [3.8, 4) is 0 Å². The largest absolute Gasteiger partial charge is 0.428 e. The number of sulfonamides is 1. The monoisotopic (exact) mass is 432 g/mol. The second kappa shape index (κ2) is 6.48. The van der Waals surface area contributed by atoms with Crippen molar-refractivity contribution in [3.05, 3.63) is 0 Å². The number of hydrogen-bond acceptors (Lipinski definition) is 4. The highest BCUT2D eigenvalue weighted by Gasteiger charge is 2.81. The highest BCUT2D eigenvalue weighted by atomic mass is 32.2. The Bertz CT molecular complexity index is 756. The molecule has 26 heavy (non-hydrogen) atoms. The van der Waals surface area contributed by atoms with Gasteiger partial charge in [-0.15, -0.1) is 0 Å². The van der Waals surface area contributed by atoms with Crippen LogP contribution in [0.2, 0.25) is 0 Å². The summed E-state index contributed by atoms with van der Waals surface area (Å²) < 4.78 is 131. The fourth-order valence-electron chi connectivity index (χ4n) is 3.45. The first-order chi connectivity index (χ1) is 11.6. The second-order valence-electron chi connectivity index (χ2n) is 6.59. The van der Waals surface area contributed by atoms with Crippen molar-refractivity contribution in [2.75, 3.05) is 13.1 Å². The van der Waals surface area contributed by atoms with Gasteiger partial charge in [0.25, 0.3) is 10.0 Å². The van der Waals surface area contributed by atoms with Crippen molar-refractivity contribution < 1.29 is 43.5 Å². The van der Waals surface area contributed by atoms with Gasteiger partial charge in [0, 0.05) is 13.1 Å². The summed E-state index contributed by atoms with van der Waals surface area (Å²) in [5, 5.41) is -12.8. The van der Waals surface area contributed by atoms with Gasteiger partial charge >= 0.3 is 16.4 Å². The molecule has 0 spiro atoms. The quantitative estimate of drug-likeness (QED) is 0.652. The average Bonchev–Trinajstić information content (AvgIpc) is 2.52. The zero-order chi connectivity index (χ0) is 20.2. The molecule has 0 aromatic heterocycles. The predicted molar refractivity (Wildman–Crippen MR) is 78.9 cm³/mol. The molecule has 3 unspecified atom stereocenters. The van der Waals surface area contributed by atoms with E-state index in [1.54, 1.807) is 0 Å². The van der Waals surface area contributed by atoms with Gasteiger partial charge in [0.2, 0.25) is 10.0 Å². The van der Waals surface area contributed by atoms with Crippen LogP contribution in [0.4, 0.5) is 26.3 Å². The maximum Gasteiger partial charge on any atom is 0.428 e. The van der Waals surface area contributed by atoms with E-state index in [0.717, 1.165) is 12.8 Å². The minimum Gasteiger partial charge on any atom is -0.296 e. The summed E-state index contributed by atoms with van der Waals surface area (Å²) in [6.45, 7) is -1.03. The minimum absolute atomic E-state index is 0.0482. The molecular formula is C12H18F6N2O4S2. The Kier molecular flexibility index (Phi) is 5.41. The van der Waals surface area contributed by atoms with Crippen LogP contribution in [0.5, 0.6) is 0 Å². The molecule has 1 saturated heterocycles. The third kappa shape index (κ3) is 3.11. The number of halogens is 6. The van der Waals surface area contributed by atoms with Crippen LogP contribution in [0.3, 0.4) is 0 Å². The number of hydrogen-bond donors (Lipinski definition) is 2. The van der Waals surface area contributed by atoms with Crippen molar-refractivity contribution in [3.63, 3.8) is 0 Å². The van der Waals surface area contributed by atoms with Crippen LogP contribution < -0.4 is 0 Å². The van der Waals surface area contributed by atoms with Crippen molar-refractivity contribution in [1.82, 2.24) is 4.31 Å². The summed E-state index contributed by atoms with van der Waals surface area (Å²) >= 11 is 0. The minimum atomic E-state index is -6.75. The molecule has 0 radical (unpaired) electrons. The number of nitrogens with zero attached hydrogens (tertiary/aromatic N) is 1. The molecule has 1 aliphatic carbocycles. The summed E-state index contributed by atoms with van der Waals surface area (Å²) in [4.78, 5) is 0. The maximum atomic E-state index is 14.0. The fourth-order valence-corrected chi connectivity index (χ4v) is 5.50. The van der Waals surface area contributed by atoms with E-state index in [9.17, 15) is 39.0 Å². The number of alkyl halides is 6. The molecule has 2 rings (SSSR count). The first-order valence-corrected chi connectivity index (χ1v) is 10.7. The standard InChI is InChI=1S/C12H18F6N2O4S2/c13-10(14,11(15,16)25(19,21)22)12(17,18)26(23,24)20-6-5-8-3-1-2-4-9(8)7-20/h8-9H,1-7H2,(H2,19,21,22). The molecule has 0 amide bonds. The lowest BCUT2D eigenvalue weighted by Crippen LogP contribution is -2.63. The van der Waals surface area contributed by atoms with Crippen LogP contribution in [0.15, 0.2) is 0 Å². The SMILES string of the molecule is N=S(=O)(O)C(F)(F)C(F)(F)C(F)(F)S(=O)(=O)N1CCC2CCCCC2C1. The molecule has 2 N–H and O–H groups in total. The van der Waals surface area contributed by atoms with E-state index < -0.39 is 49.6 Å². The first-order valence-electron chi connectivity index (χ1n) is 7.71. The van der Waals surface area contributed by atoms with Gasteiger partial charge in [0.1, 0.15) is 0 Å². The molecule has 1 aliphatic heterocycles. The van der Waals surface area contributed by atoms with Gasteiger partial charge in [-0.2, -0.15) is 30.6 Å². The van der Waals surface area contributed by atoms with Crippen LogP contribution in [0.25, 0.3) is 0 Å². The molecule has 0 aromatic rings. The number of fused-ring (bicyclic) bond motifs is 1. The molecule has 0 aromatic carbocycles. The Balaban J connectivity index is 2.37. The molecule has 0 bridgehead atoms. The third-order valence-electron chi connectivity index (χ3n) is 5.00. The summed E-state index contributed by atoms with van der Waals surface area (Å²) in [7, 11) is -12.8. The number of rotatable bonds is 5. The van der Waals surface area contributed by atoms with Crippen LogP contribution in [-0.2, 0) is 20.0 Å². The summed E-state index contributed by atoms with van der Waals surface area (Å²) in [5.41, 5.74) is 0. The lowest BCUT2D eigenvalue weighted by atomic mass is 9.76. The average molecular weight is 432 g/mol. The molecule has 6 nitrogen and oxygen atoms in total. The summed E-state index contributed by atoms with van der Waals surface area (Å²) in [6, 6.07) is 0. The molecule has 1 heterocycles. The van der Waals surface area contributed by atoms with E-state index in [1.165, 1.54) is 0 Å². The van der Waals surface area contributed by atoms with Gasteiger partial charge in [0.15, 0.2) is 0 Å². The van der Waals surface area contributed by atoms with Crippen molar-refractivity contribution in [1.29, 1.82) is 4.78 Å². The molecule has 154 valence electrons. The number of piperidine rings is 1. The topological polar surface area (TPSA) is 98.5 Å². The van der Waals surface area contributed by atoms with Crippen molar-refractivity contribution in [2.24, 2.45) is 11.8 Å². The van der Waals surface area contributed by atoms with Crippen LogP contribution >= 0.6 is 0 Å². The normalized spacial score (nSPS) is 29.0. The van der Waals surface area contributed by atoms with Crippen molar-refractivity contribution >= 4 is 20.0 Å². The Morgan fingerprint density at radius 2 is 1.38 bits per heavy atom. The van der Waals surface area contributed by atoms with Gasteiger partial charge in [-0.25, -0.2) is 17.4 Å². The smallest absolute Gasteiger partial charge is 0.296 e. The van der Waals surface area contributed by atoms with E-state index in [-0.39, 0.29) is 22.6 Å². The second-order valence-corrected chi connectivity index (χ2v) is 10.1. The van der Waals surface area contributed by atoms with E-state index in [4.69, 9.17) is 9.33 Å². The zero-order valence-corrected chi connectivity index (χ0v) is 14.9. The Morgan fingerprint density at radius 3 is 1.88 bits per heavy atom. The highest BCUT2D eigenvalue weighted by molar-refractivity contribution is 7.90. The fraction of sp³-hybridized carbons (Fsp3) is 1.00. The van der Waals surface area contributed by atoms with Crippen molar-refractivity contribution in [2.45, 2.75) is 48.5 Å². The Labute approximate surface area is 146 Å². The molecule has 3 atom stereocenters. The van der Waals surface area contributed by atoms with Gasteiger partial charge in [-0.3, -0.25) is 4.55 Å². The van der Waals surface area contributed by atoms with E-state index >= 15 is 0 Å². The zero-order valence-electron chi connectivity index (χ0n) is 13.3. The summed E-state index contributed by atoms with van der Waals surface area (Å²) in [5.74, 6) is -7.04. The predicted octanol–water partition coefficient (Wildman–Crippen LogP) is 3.17. The van der Waals surface area contributed by atoms with E-state index in [2.05, 4.69) is 0 Å². The van der Waals surface area contributed by atoms with Crippen LogP contribution in [-0.4, -0.2) is 51.0 Å². The lowest BCUT2D eigenvalue weighted by molar-refractivity contribution is -0.246.